The van der Waals surface area contributed by atoms with Gasteiger partial charge in [-0.15, -0.1) is 0 Å². The van der Waals surface area contributed by atoms with Gasteiger partial charge >= 0.3 is 0 Å². The van der Waals surface area contributed by atoms with Crippen LogP contribution >= 0.6 is 39.9 Å². The van der Waals surface area contributed by atoms with Gasteiger partial charge in [0.15, 0.2) is 4.32 Å². The van der Waals surface area contributed by atoms with Gasteiger partial charge in [-0.25, -0.2) is 0 Å². The van der Waals surface area contributed by atoms with Crippen LogP contribution in [0.15, 0.2) is 56.9 Å². The van der Waals surface area contributed by atoms with Crippen molar-refractivity contribution in [1.82, 2.24) is 5.01 Å². The van der Waals surface area contributed by atoms with Crippen LogP contribution in [0.2, 0.25) is 0 Å². The molecule has 0 spiro atoms. The summed E-state index contributed by atoms with van der Waals surface area (Å²) in [5.74, 6) is 0.406. The SMILES string of the molecule is COc1ccccc1C=C1SC(=S)N(N=Cc2cc(Br)ccc2O)C1=O. The molecule has 1 saturated heterocycles. The Bertz CT molecular complexity index is 944. The van der Waals surface area contributed by atoms with Gasteiger partial charge in [-0.1, -0.05) is 45.9 Å². The lowest BCUT2D eigenvalue weighted by Crippen LogP contribution is -2.22. The van der Waals surface area contributed by atoms with E-state index in [0.29, 0.717) is 20.5 Å². The van der Waals surface area contributed by atoms with Crippen LogP contribution in [-0.4, -0.2) is 33.7 Å². The molecular formula is C18H13BrN2O3S2. The summed E-state index contributed by atoms with van der Waals surface area (Å²) in [7, 11) is 1.58. The van der Waals surface area contributed by atoms with Gasteiger partial charge in [-0.3, -0.25) is 4.79 Å². The van der Waals surface area contributed by atoms with Gasteiger partial charge in [0.2, 0.25) is 0 Å². The number of ether oxygens (including phenoxy) is 1. The van der Waals surface area contributed by atoms with Gasteiger partial charge in [0.25, 0.3) is 5.91 Å². The molecule has 2 aromatic rings. The number of benzene rings is 2. The zero-order chi connectivity index (χ0) is 18.7. The summed E-state index contributed by atoms with van der Waals surface area (Å²) in [6.45, 7) is 0. The van der Waals surface area contributed by atoms with Crippen molar-refractivity contribution in [2.45, 2.75) is 0 Å². The molecule has 1 amide bonds. The van der Waals surface area contributed by atoms with Crippen molar-refractivity contribution < 1.29 is 14.6 Å². The monoisotopic (exact) mass is 448 g/mol. The van der Waals surface area contributed by atoms with Gasteiger partial charge in [0.05, 0.1) is 18.2 Å². The van der Waals surface area contributed by atoms with Crippen LogP contribution in [0.3, 0.4) is 0 Å². The lowest BCUT2D eigenvalue weighted by Gasteiger charge is -2.07. The number of carbonyl (C=O) groups is 1. The van der Waals surface area contributed by atoms with Crippen molar-refractivity contribution in [1.29, 1.82) is 0 Å². The molecule has 2 aromatic carbocycles. The molecule has 1 aliphatic heterocycles. The topological polar surface area (TPSA) is 62.1 Å². The minimum atomic E-state index is -0.323. The van der Waals surface area contributed by atoms with E-state index in [1.165, 1.54) is 24.0 Å². The van der Waals surface area contributed by atoms with E-state index in [4.69, 9.17) is 17.0 Å². The molecule has 8 heteroatoms. The Morgan fingerprint density at radius 1 is 1.27 bits per heavy atom. The second-order valence-corrected chi connectivity index (χ2v) is 7.77. The molecule has 0 aromatic heterocycles. The smallest absolute Gasteiger partial charge is 0.286 e. The Morgan fingerprint density at radius 3 is 2.81 bits per heavy atom. The van der Waals surface area contributed by atoms with Gasteiger partial charge in [0, 0.05) is 15.6 Å². The molecule has 1 fully saturated rings. The Morgan fingerprint density at radius 2 is 2.04 bits per heavy atom. The van der Waals surface area contributed by atoms with Crippen LogP contribution in [0.4, 0.5) is 0 Å². The molecular weight excluding hydrogens is 436 g/mol. The first kappa shape index (κ1) is 18.6. The van der Waals surface area contributed by atoms with E-state index >= 15 is 0 Å². The van der Waals surface area contributed by atoms with E-state index in [0.717, 1.165) is 15.0 Å². The number of hydrogen-bond donors (Lipinski definition) is 1. The molecule has 1 N–H and O–H groups in total. The Labute approximate surface area is 168 Å². The number of nitrogens with zero attached hydrogens (tertiary/aromatic N) is 2. The largest absolute Gasteiger partial charge is 0.507 e. The fourth-order valence-electron chi connectivity index (χ4n) is 2.23. The maximum atomic E-state index is 12.6. The number of hydrazone groups is 1. The molecule has 26 heavy (non-hydrogen) atoms. The molecule has 0 atom stereocenters. The van der Waals surface area contributed by atoms with E-state index in [1.54, 1.807) is 25.3 Å². The maximum Gasteiger partial charge on any atom is 0.286 e. The predicted molar refractivity (Wildman–Crippen MR) is 111 cm³/mol. The van der Waals surface area contributed by atoms with Gasteiger partial charge in [-0.05, 0) is 42.6 Å². The molecule has 5 nitrogen and oxygen atoms in total. The Kier molecular flexibility index (Phi) is 5.75. The van der Waals surface area contributed by atoms with Crippen molar-refractivity contribution in [3.8, 4) is 11.5 Å². The third-order valence-corrected chi connectivity index (χ3v) is 5.28. The fourth-order valence-corrected chi connectivity index (χ4v) is 3.78. The van der Waals surface area contributed by atoms with Crippen LogP contribution in [-0.2, 0) is 4.79 Å². The quantitative estimate of drug-likeness (QED) is 0.426. The molecule has 0 bridgehead atoms. The summed E-state index contributed by atoms with van der Waals surface area (Å²) in [4.78, 5) is 13.1. The summed E-state index contributed by atoms with van der Waals surface area (Å²) < 4.78 is 6.41. The van der Waals surface area contributed by atoms with Gasteiger partial charge in [-0.2, -0.15) is 10.1 Å². The molecule has 0 radical (unpaired) electrons. The average molecular weight is 449 g/mol. The van der Waals surface area contributed by atoms with Crippen molar-refractivity contribution in [2.75, 3.05) is 7.11 Å². The Hall–Kier alpha value is -2.16. The van der Waals surface area contributed by atoms with Crippen molar-refractivity contribution in [3.05, 3.63) is 63.0 Å². The molecule has 1 aliphatic rings. The van der Waals surface area contributed by atoms with Crippen molar-refractivity contribution in [2.24, 2.45) is 5.10 Å². The van der Waals surface area contributed by atoms with E-state index in [9.17, 15) is 9.90 Å². The van der Waals surface area contributed by atoms with E-state index in [1.807, 2.05) is 24.3 Å². The van der Waals surface area contributed by atoms with Gasteiger partial charge < -0.3 is 9.84 Å². The Balaban J connectivity index is 1.86. The third-order valence-electron chi connectivity index (χ3n) is 3.50. The number of thioether (sulfide) groups is 1. The van der Waals surface area contributed by atoms with Crippen molar-refractivity contribution in [3.63, 3.8) is 0 Å². The first-order valence-corrected chi connectivity index (χ1v) is 9.45. The number of methoxy groups -OCH3 is 1. The number of rotatable bonds is 4. The van der Waals surface area contributed by atoms with E-state index < -0.39 is 0 Å². The molecule has 132 valence electrons. The van der Waals surface area contributed by atoms with Crippen LogP contribution in [0.25, 0.3) is 6.08 Å². The van der Waals surface area contributed by atoms with Crippen LogP contribution < -0.4 is 4.74 Å². The standard InChI is InChI=1S/C18H13BrN2O3S2/c1-24-15-5-3-2-4-11(15)9-16-17(23)21(18(25)26-16)20-10-12-8-13(19)6-7-14(12)22/h2-10,22H,1H3. The van der Waals surface area contributed by atoms with Crippen LogP contribution in [0, 0.1) is 0 Å². The molecule has 0 aliphatic carbocycles. The average Bonchev–Trinajstić information content (AvgIpc) is 2.89. The molecule has 1 heterocycles. The fraction of sp³-hybridized carbons (Fsp3) is 0.0556. The third kappa shape index (κ3) is 3.98. The predicted octanol–water partition coefficient (Wildman–Crippen LogP) is 4.40. The minimum Gasteiger partial charge on any atom is -0.507 e. The van der Waals surface area contributed by atoms with Crippen molar-refractivity contribution >= 4 is 62.4 Å². The summed E-state index contributed by atoms with van der Waals surface area (Å²) >= 11 is 9.75. The number of hydrogen-bond acceptors (Lipinski definition) is 6. The highest BCUT2D eigenvalue weighted by Crippen LogP contribution is 2.34. The number of halogens is 1. The summed E-state index contributed by atoms with van der Waals surface area (Å²) in [6, 6.07) is 12.3. The molecule has 3 rings (SSSR count). The van der Waals surface area contributed by atoms with E-state index in [2.05, 4.69) is 21.0 Å². The summed E-state index contributed by atoms with van der Waals surface area (Å²) in [5, 5.41) is 15.1. The van der Waals surface area contributed by atoms with E-state index in [-0.39, 0.29) is 11.7 Å². The maximum absolute atomic E-state index is 12.6. The number of thiocarbonyl (C=S) groups is 1. The second-order valence-electron chi connectivity index (χ2n) is 5.18. The number of aromatic hydroxyl groups is 1. The highest BCUT2D eigenvalue weighted by Gasteiger charge is 2.32. The number of phenols is 1. The first-order chi connectivity index (χ1) is 12.5. The summed E-state index contributed by atoms with van der Waals surface area (Å²) in [5.41, 5.74) is 1.26. The van der Waals surface area contributed by atoms with Crippen LogP contribution in [0.5, 0.6) is 11.5 Å². The molecule has 0 unspecified atom stereocenters. The van der Waals surface area contributed by atoms with Gasteiger partial charge in [0.1, 0.15) is 11.5 Å². The highest BCUT2D eigenvalue weighted by molar-refractivity contribution is 9.10. The lowest BCUT2D eigenvalue weighted by molar-refractivity contribution is -0.122. The number of amides is 1. The second kappa shape index (κ2) is 8.03. The number of carbonyl (C=O) groups excluding carboxylic acids is 1. The normalized spacial score (nSPS) is 16.1. The first-order valence-electron chi connectivity index (χ1n) is 7.43. The lowest BCUT2D eigenvalue weighted by atomic mass is 10.2. The molecule has 0 saturated carbocycles. The zero-order valence-electron chi connectivity index (χ0n) is 13.5. The summed E-state index contributed by atoms with van der Waals surface area (Å²) in [6.07, 6.45) is 3.13. The minimum absolute atomic E-state index is 0.0620. The zero-order valence-corrected chi connectivity index (χ0v) is 16.8. The van der Waals surface area contributed by atoms with Crippen LogP contribution in [0.1, 0.15) is 11.1 Å². The highest BCUT2D eigenvalue weighted by atomic mass is 79.9. The number of phenolic OH excluding ortho intramolecular Hbond substituents is 1. The number of para-hydroxylation sites is 1.